The average Bonchev–Trinajstić information content (AvgIpc) is 2.77. The number of hydrogen-bond acceptors (Lipinski definition) is 5. The van der Waals surface area contributed by atoms with E-state index in [1.807, 2.05) is 27.7 Å². The third-order valence-electron chi connectivity index (χ3n) is 5.88. The molecule has 0 aliphatic heterocycles. The van der Waals surface area contributed by atoms with Crippen molar-refractivity contribution < 1.29 is 24.4 Å². The molecule has 0 amide bonds. The highest BCUT2D eigenvalue weighted by molar-refractivity contribution is 6.18. The first-order valence-electron chi connectivity index (χ1n) is 11.4. The van der Waals surface area contributed by atoms with Crippen molar-refractivity contribution >= 4 is 11.6 Å². The number of terminal acetylenes is 1. The van der Waals surface area contributed by atoms with Crippen LogP contribution in [0.15, 0.2) is 24.3 Å². The second-order valence-electron chi connectivity index (χ2n) is 9.31. The van der Waals surface area contributed by atoms with Crippen LogP contribution in [0.1, 0.15) is 47.2 Å². The highest BCUT2D eigenvalue weighted by atomic mass is 35.5. The molecule has 0 fully saturated rings. The second kappa shape index (κ2) is 12.5. The van der Waals surface area contributed by atoms with Crippen LogP contribution in [0.4, 0.5) is 0 Å². The smallest absolute Gasteiger partial charge is 0.125 e. The molecule has 34 heavy (non-hydrogen) atoms. The van der Waals surface area contributed by atoms with Crippen molar-refractivity contribution in [3.63, 3.8) is 0 Å². The van der Waals surface area contributed by atoms with E-state index in [9.17, 15) is 10.2 Å². The molecule has 0 aliphatic carbocycles. The molecule has 2 aromatic rings. The highest BCUT2D eigenvalue weighted by Crippen LogP contribution is 2.38. The highest BCUT2D eigenvalue weighted by Gasteiger charge is 2.26. The maximum Gasteiger partial charge on any atom is 0.125 e. The van der Waals surface area contributed by atoms with Gasteiger partial charge in [0.1, 0.15) is 43.5 Å². The van der Waals surface area contributed by atoms with Crippen LogP contribution in [0.2, 0.25) is 0 Å². The molecule has 2 N–H and O–H groups in total. The van der Waals surface area contributed by atoms with Crippen molar-refractivity contribution in [2.45, 2.75) is 59.2 Å². The van der Waals surface area contributed by atoms with Crippen molar-refractivity contribution in [3.05, 3.63) is 57.6 Å². The normalized spacial score (nSPS) is 13.3. The molecule has 0 aliphatic rings. The first kappa shape index (κ1) is 28.0. The number of ether oxygens (including phenoxy) is 3. The van der Waals surface area contributed by atoms with Gasteiger partial charge in [-0.3, -0.25) is 0 Å². The molecule has 2 atom stereocenters. The number of rotatable bonds is 12. The standard InChI is InChI=1S/C28H37ClO5/c1-8-9-32-15-25(31)17-34-27-20(4)12-23(13-21(27)5)28(6,7)22-10-18(2)26(19(3)11-22)33-16-24(30)14-29/h1,10-13,24-25,30-31H,9,14-17H2,2-7H3. The Hall–Kier alpha value is -2.23. The first-order valence-corrected chi connectivity index (χ1v) is 12.0. The van der Waals surface area contributed by atoms with E-state index in [-0.39, 0.29) is 37.7 Å². The molecular weight excluding hydrogens is 452 g/mol. The third-order valence-corrected chi connectivity index (χ3v) is 6.23. The van der Waals surface area contributed by atoms with E-state index in [1.54, 1.807) is 0 Å². The monoisotopic (exact) mass is 488 g/mol. The van der Waals surface area contributed by atoms with Crippen molar-refractivity contribution in [2.75, 3.05) is 32.3 Å². The molecule has 0 aromatic heterocycles. The summed E-state index contributed by atoms with van der Waals surface area (Å²) in [5.74, 6) is 4.06. The topological polar surface area (TPSA) is 68.2 Å². The molecular formula is C28H37ClO5. The lowest BCUT2D eigenvalue weighted by atomic mass is 9.76. The van der Waals surface area contributed by atoms with Gasteiger partial charge in [0.05, 0.1) is 12.5 Å². The summed E-state index contributed by atoms with van der Waals surface area (Å²) in [6, 6.07) is 8.54. The van der Waals surface area contributed by atoms with Gasteiger partial charge in [-0.1, -0.05) is 44.0 Å². The van der Waals surface area contributed by atoms with Crippen LogP contribution in [0.5, 0.6) is 11.5 Å². The largest absolute Gasteiger partial charge is 0.490 e. The Bertz CT molecular complexity index is 962. The number of aryl methyl sites for hydroxylation is 4. The van der Waals surface area contributed by atoms with E-state index in [4.69, 9.17) is 32.2 Å². The van der Waals surface area contributed by atoms with Crippen LogP contribution in [0.3, 0.4) is 0 Å². The second-order valence-corrected chi connectivity index (χ2v) is 9.62. The Morgan fingerprint density at radius 3 is 1.62 bits per heavy atom. The van der Waals surface area contributed by atoms with Gasteiger partial charge in [-0.25, -0.2) is 0 Å². The van der Waals surface area contributed by atoms with Crippen LogP contribution < -0.4 is 9.47 Å². The fraction of sp³-hybridized carbons (Fsp3) is 0.500. The molecule has 0 radical (unpaired) electrons. The minimum atomic E-state index is -0.750. The molecule has 0 bridgehead atoms. The van der Waals surface area contributed by atoms with Crippen LogP contribution >= 0.6 is 11.6 Å². The molecule has 2 unspecified atom stereocenters. The van der Waals surface area contributed by atoms with E-state index in [1.165, 1.54) is 5.56 Å². The van der Waals surface area contributed by atoms with E-state index in [2.05, 4.69) is 44.0 Å². The Balaban J connectivity index is 2.24. The quantitative estimate of drug-likeness (QED) is 0.259. The molecule has 2 aromatic carbocycles. The Morgan fingerprint density at radius 1 is 0.824 bits per heavy atom. The lowest BCUT2D eigenvalue weighted by Gasteiger charge is -2.29. The van der Waals surface area contributed by atoms with Crippen LogP contribution in [-0.2, 0) is 10.2 Å². The zero-order chi connectivity index (χ0) is 25.5. The summed E-state index contributed by atoms with van der Waals surface area (Å²) in [4.78, 5) is 0. The van der Waals surface area contributed by atoms with Gasteiger partial charge in [0.25, 0.3) is 0 Å². The molecule has 0 saturated heterocycles. The first-order chi connectivity index (χ1) is 16.0. The number of benzene rings is 2. The Kier molecular flexibility index (Phi) is 10.3. The summed E-state index contributed by atoms with van der Waals surface area (Å²) in [7, 11) is 0. The van der Waals surface area contributed by atoms with Gasteiger partial charge in [-0.2, -0.15) is 0 Å². The van der Waals surface area contributed by atoms with Crippen molar-refractivity contribution in [3.8, 4) is 23.8 Å². The van der Waals surface area contributed by atoms with Gasteiger partial charge < -0.3 is 24.4 Å². The molecule has 0 heterocycles. The third kappa shape index (κ3) is 7.13. The van der Waals surface area contributed by atoms with Gasteiger partial charge in [0, 0.05) is 5.41 Å². The minimum absolute atomic E-state index is 0.132. The van der Waals surface area contributed by atoms with E-state index in [0.717, 1.165) is 39.3 Å². The predicted molar refractivity (Wildman–Crippen MR) is 137 cm³/mol. The van der Waals surface area contributed by atoms with Gasteiger partial charge in [0.15, 0.2) is 0 Å². The minimum Gasteiger partial charge on any atom is -0.490 e. The summed E-state index contributed by atoms with van der Waals surface area (Å²) in [5.41, 5.74) is 6.10. The van der Waals surface area contributed by atoms with Gasteiger partial charge in [-0.15, -0.1) is 18.0 Å². The van der Waals surface area contributed by atoms with Crippen molar-refractivity contribution in [1.29, 1.82) is 0 Å². The predicted octanol–water partition coefficient (Wildman–Crippen LogP) is 4.61. The van der Waals surface area contributed by atoms with E-state index in [0.29, 0.717) is 0 Å². The van der Waals surface area contributed by atoms with E-state index < -0.39 is 12.2 Å². The molecule has 6 heteroatoms. The zero-order valence-electron chi connectivity index (χ0n) is 21.1. The lowest BCUT2D eigenvalue weighted by molar-refractivity contribution is 0.0226. The maximum absolute atomic E-state index is 10.1. The number of alkyl halides is 1. The van der Waals surface area contributed by atoms with Crippen molar-refractivity contribution in [2.24, 2.45) is 0 Å². The number of aliphatic hydroxyl groups is 2. The van der Waals surface area contributed by atoms with Gasteiger partial charge in [0.2, 0.25) is 0 Å². The van der Waals surface area contributed by atoms with Crippen LogP contribution in [0, 0.1) is 40.0 Å². The molecule has 186 valence electrons. The maximum atomic E-state index is 10.1. The summed E-state index contributed by atoms with van der Waals surface area (Å²) in [6.07, 6.45) is 3.71. The number of aliphatic hydroxyl groups excluding tert-OH is 2. The molecule has 2 rings (SSSR count). The van der Waals surface area contributed by atoms with Gasteiger partial charge in [-0.05, 0) is 61.1 Å². The summed E-state index contributed by atoms with van der Waals surface area (Å²) >= 11 is 5.68. The van der Waals surface area contributed by atoms with E-state index >= 15 is 0 Å². The fourth-order valence-electron chi connectivity index (χ4n) is 3.95. The Morgan fingerprint density at radius 2 is 1.24 bits per heavy atom. The zero-order valence-corrected chi connectivity index (χ0v) is 21.8. The fourth-order valence-corrected chi connectivity index (χ4v) is 4.04. The molecule has 0 spiro atoms. The number of hydrogen-bond donors (Lipinski definition) is 2. The van der Waals surface area contributed by atoms with Crippen LogP contribution in [0.25, 0.3) is 0 Å². The average molecular weight is 489 g/mol. The summed E-state index contributed by atoms with van der Waals surface area (Å²) < 4.78 is 16.9. The SMILES string of the molecule is C#CCOCC(O)COc1c(C)cc(C(C)(C)c2cc(C)c(OCC(O)CCl)c(C)c2)cc1C. The van der Waals surface area contributed by atoms with Crippen molar-refractivity contribution in [1.82, 2.24) is 0 Å². The molecule has 0 saturated carbocycles. The molecule has 5 nitrogen and oxygen atoms in total. The number of halogens is 1. The lowest BCUT2D eigenvalue weighted by Crippen LogP contribution is -2.24. The summed E-state index contributed by atoms with van der Waals surface area (Å²) in [6.45, 7) is 13.0. The summed E-state index contributed by atoms with van der Waals surface area (Å²) in [5, 5.41) is 19.8. The van der Waals surface area contributed by atoms with Gasteiger partial charge >= 0.3 is 0 Å². The Labute approximate surface area is 209 Å². The van der Waals surface area contributed by atoms with Crippen LogP contribution in [-0.4, -0.2) is 54.7 Å².